The Morgan fingerprint density at radius 3 is 2.94 bits per heavy atom. The van der Waals surface area contributed by atoms with Gasteiger partial charge in [-0.15, -0.1) is 0 Å². The maximum Gasteiger partial charge on any atom is 0.197 e. The van der Waals surface area contributed by atoms with E-state index in [0.29, 0.717) is 5.22 Å². The molecule has 0 saturated carbocycles. The fourth-order valence-electron chi connectivity index (χ4n) is 1.72. The van der Waals surface area contributed by atoms with Gasteiger partial charge in [0.25, 0.3) is 0 Å². The second kappa shape index (κ2) is 5.67. The minimum absolute atomic E-state index is 0.123. The number of likely N-dealkylation sites (N-methyl/N-ethyl adjacent to an activating group) is 1. The molecule has 5 heteroatoms. The monoisotopic (exact) mass is 314 g/mol. The first-order valence-electron chi connectivity index (χ1n) is 5.20. The minimum atomic E-state index is 0.123. The molecule has 0 fully saturated rings. The molecule has 3 nitrogen and oxygen atoms in total. The highest BCUT2D eigenvalue weighted by Crippen LogP contribution is 2.26. The molecule has 0 aliphatic heterocycles. The second-order valence-corrected chi connectivity index (χ2v) is 4.97. The number of halogens is 2. The van der Waals surface area contributed by atoms with Gasteiger partial charge in [-0.1, -0.05) is 0 Å². The Morgan fingerprint density at radius 1 is 1.53 bits per heavy atom. The maximum absolute atomic E-state index is 5.98. The van der Waals surface area contributed by atoms with Crippen molar-refractivity contribution in [3.8, 4) is 0 Å². The van der Waals surface area contributed by atoms with Crippen molar-refractivity contribution in [3.05, 3.63) is 51.6 Å². The van der Waals surface area contributed by atoms with Crippen LogP contribution in [0.15, 0.2) is 39.7 Å². The van der Waals surface area contributed by atoms with Crippen molar-refractivity contribution in [2.75, 3.05) is 7.05 Å². The topological polar surface area (TPSA) is 38.1 Å². The van der Waals surface area contributed by atoms with Gasteiger partial charge in [-0.2, -0.15) is 0 Å². The predicted octanol–water partition coefficient (Wildman–Crippen LogP) is 3.59. The van der Waals surface area contributed by atoms with Gasteiger partial charge in [-0.25, -0.2) is 0 Å². The normalized spacial score (nSPS) is 12.6. The van der Waals surface area contributed by atoms with Crippen LogP contribution in [0.2, 0.25) is 5.22 Å². The van der Waals surface area contributed by atoms with Gasteiger partial charge >= 0.3 is 0 Å². The summed E-state index contributed by atoms with van der Waals surface area (Å²) in [4.78, 5) is 4.14. The molecule has 1 atom stereocenters. The van der Waals surface area contributed by atoms with Crippen LogP contribution in [0.3, 0.4) is 0 Å². The second-order valence-electron chi connectivity index (χ2n) is 3.71. The molecular formula is C12H12BrClN2O. The van der Waals surface area contributed by atoms with Gasteiger partial charge in [0.1, 0.15) is 0 Å². The van der Waals surface area contributed by atoms with Crippen molar-refractivity contribution in [2.24, 2.45) is 0 Å². The van der Waals surface area contributed by atoms with Crippen molar-refractivity contribution in [2.45, 2.75) is 12.5 Å². The third kappa shape index (κ3) is 3.09. The van der Waals surface area contributed by atoms with Gasteiger partial charge in [-0.3, -0.25) is 4.98 Å². The van der Waals surface area contributed by atoms with Gasteiger partial charge < -0.3 is 9.73 Å². The van der Waals surface area contributed by atoms with E-state index in [-0.39, 0.29) is 6.04 Å². The average Bonchev–Trinajstić information content (AvgIpc) is 2.72. The highest BCUT2D eigenvalue weighted by atomic mass is 79.9. The molecule has 0 radical (unpaired) electrons. The smallest absolute Gasteiger partial charge is 0.197 e. The van der Waals surface area contributed by atoms with E-state index in [1.165, 1.54) is 0 Å². The van der Waals surface area contributed by atoms with Crippen LogP contribution in [-0.2, 0) is 6.42 Å². The molecule has 0 aliphatic carbocycles. The summed E-state index contributed by atoms with van der Waals surface area (Å²) in [5.74, 6) is 0. The van der Waals surface area contributed by atoms with Crippen LogP contribution in [0.1, 0.15) is 17.2 Å². The average molecular weight is 316 g/mol. The van der Waals surface area contributed by atoms with Crippen molar-refractivity contribution >= 4 is 27.5 Å². The lowest BCUT2D eigenvalue weighted by atomic mass is 10.0. The Balaban J connectivity index is 2.19. The highest BCUT2D eigenvalue weighted by molar-refractivity contribution is 9.10. The lowest BCUT2D eigenvalue weighted by Gasteiger charge is -2.14. The summed E-state index contributed by atoms with van der Waals surface area (Å²) >= 11 is 9.39. The van der Waals surface area contributed by atoms with Gasteiger partial charge in [0, 0.05) is 28.5 Å². The largest absolute Gasteiger partial charge is 0.453 e. The fraction of sp³-hybridized carbons (Fsp3) is 0.250. The summed E-state index contributed by atoms with van der Waals surface area (Å²) in [5.41, 5.74) is 2.10. The van der Waals surface area contributed by atoms with Crippen LogP contribution >= 0.6 is 27.5 Å². The molecule has 2 aromatic rings. The van der Waals surface area contributed by atoms with E-state index in [4.69, 9.17) is 16.0 Å². The zero-order valence-corrected chi connectivity index (χ0v) is 11.6. The van der Waals surface area contributed by atoms with Crippen LogP contribution < -0.4 is 5.32 Å². The summed E-state index contributed by atoms with van der Waals surface area (Å²) in [7, 11) is 1.90. The minimum Gasteiger partial charge on any atom is -0.453 e. The third-order valence-electron chi connectivity index (χ3n) is 2.57. The van der Waals surface area contributed by atoms with E-state index >= 15 is 0 Å². The quantitative estimate of drug-likeness (QED) is 0.937. The summed E-state index contributed by atoms with van der Waals surface area (Å²) in [6.07, 6.45) is 6.02. The first-order valence-corrected chi connectivity index (χ1v) is 6.37. The van der Waals surface area contributed by atoms with Gasteiger partial charge in [0.05, 0.1) is 6.26 Å². The molecule has 0 aliphatic rings. The number of hydrogen-bond acceptors (Lipinski definition) is 3. The molecular weight excluding hydrogens is 304 g/mol. The van der Waals surface area contributed by atoms with E-state index < -0.39 is 0 Å². The van der Waals surface area contributed by atoms with Crippen molar-refractivity contribution in [1.29, 1.82) is 0 Å². The van der Waals surface area contributed by atoms with Gasteiger partial charge in [0.15, 0.2) is 5.22 Å². The van der Waals surface area contributed by atoms with Crippen LogP contribution in [0.5, 0.6) is 0 Å². The van der Waals surface area contributed by atoms with Crippen LogP contribution in [0.4, 0.5) is 0 Å². The third-order valence-corrected chi connectivity index (χ3v) is 3.31. The Bertz CT molecular complexity index is 501. The number of hydrogen-bond donors (Lipinski definition) is 1. The lowest BCUT2D eigenvalue weighted by Crippen LogP contribution is -2.18. The van der Waals surface area contributed by atoms with Crippen molar-refractivity contribution in [1.82, 2.24) is 10.3 Å². The molecule has 0 saturated heterocycles. The first-order chi connectivity index (χ1) is 8.20. The number of nitrogens with one attached hydrogen (secondary N) is 1. The van der Waals surface area contributed by atoms with E-state index in [1.54, 1.807) is 12.5 Å². The van der Waals surface area contributed by atoms with Crippen LogP contribution in [0.25, 0.3) is 0 Å². The molecule has 1 N–H and O–H groups in total. The van der Waals surface area contributed by atoms with Crippen molar-refractivity contribution < 1.29 is 4.42 Å². The number of aromatic nitrogens is 1. The number of pyridine rings is 1. The standard InChI is InChI=1S/C12H12BrClN2O/c1-15-11(10-2-3-17-12(10)14)5-8-4-9(13)7-16-6-8/h2-4,6-7,11,15H,5H2,1H3. The van der Waals surface area contributed by atoms with E-state index in [9.17, 15) is 0 Å². The molecule has 90 valence electrons. The first kappa shape index (κ1) is 12.6. The highest BCUT2D eigenvalue weighted by Gasteiger charge is 2.15. The molecule has 1 unspecified atom stereocenters. The van der Waals surface area contributed by atoms with Gasteiger partial charge in [0.2, 0.25) is 0 Å². The molecule has 2 aromatic heterocycles. The zero-order valence-electron chi connectivity index (χ0n) is 9.28. The number of rotatable bonds is 4. The molecule has 2 heterocycles. The number of furan rings is 1. The number of nitrogens with zero attached hydrogens (tertiary/aromatic N) is 1. The molecule has 0 amide bonds. The Kier molecular flexibility index (Phi) is 4.20. The van der Waals surface area contributed by atoms with Gasteiger partial charge in [-0.05, 0) is 58.7 Å². The summed E-state index contributed by atoms with van der Waals surface area (Å²) in [6.45, 7) is 0. The van der Waals surface area contributed by atoms with E-state index in [1.807, 2.05) is 25.4 Å². The fourth-order valence-corrected chi connectivity index (χ4v) is 2.38. The molecule has 17 heavy (non-hydrogen) atoms. The zero-order chi connectivity index (χ0) is 12.3. The summed E-state index contributed by atoms with van der Waals surface area (Å²) in [6, 6.07) is 4.05. The van der Waals surface area contributed by atoms with E-state index in [2.05, 4.69) is 26.2 Å². The van der Waals surface area contributed by atoms with E-state index in [0.717, 1.165) is 22.0 Å². The maximum atomic E-state index is 5.98. The molecule has 0 bridgehead atoms. The Hall–Kier alpha value is -0.840. The summed E-state index contributed by atoms with van der Waals surface area (Å²) in [5, 5.41) is 3.66. The lowest BCUT2D eigenvalue weighted by molar-refractivity contribution is 0.544. The molecule has 2 rings (SSSR count). The van der Waals surface area contributed by atoms with Crippen LogP contribution in [0, 0.1) is 0 Å². The Labute approximate surface area is 113 Å². The Morgan fingerprint density at radius 2 is 2.35 bits per heavy atom. The summed E-state index contributed by atoms with van der Waals surface area (Å²) < 4.78 is 6.08. The van der Waals surface area contributed by atoms with Crippen LogP contribution in [-0.4, -0.2) is 12.0 Å². The molecule has 0 aromatic carbocycles. The molecule has 0 spiro atoms. The van der Waals surface area contributed by atoms with Crippen molar-refractivity contribution in [3.63, 3.8) is 0 Å². The predicted molar refractivity (Wildman–Crippen MR) is 71.2 cm³/mol. The SMILES string of the molecule is CNC(Cc1cncc(Br)c1)c1ccoc1Cl.